The normalized spacial score (nSPS) is 25.2. The molecule has 1 spiro atoms. The Balaban J connectivity index is 2.10. The predicted molar refractivity (Wildman–Crippen MR) is 54.3 cm³/mol. The van der Waals surface area contributed by atoms with Gasteiger partial charge in [-0.3, -0.25) is 14.5 Å². The van der Waals surface area contributed by atoms with Gasteiger partial charge in [0, 0.05) is 6.42 Å². The van der Waals surface area contributed by atoms with Gasteiger partial charge in [-0.15, -0.1) is 0 Å². The molecule has 7 heteroatoms. The lowest BCUT2D eigenvalue weighted by molar-refractivity contribution is -0.208. The van der Waals surface area contributed by atoms with Gasteiger partial charge in [0.25, 0.3) is 0 Å². The number of likely N-dealkylation sites (tertiary alicyclic amines) is 1. The van der Waals surface area contributed by atoms with Crippen molar-refractivity contribution in [2.45, 2.75) is 44.4 Å². The molecule has 1 atom stereocenters. The first-order valence-electron chi connectivity index (χ1n) is 5.86. The fraction of sp³-hybridized carbons (Fsp3) is 0.818. The molecule has 4 nitrogen and oxygen atoms in total. The Morgan fingerprint density at radius 2 is 1.83 bits per heavy atom. The number of imide groups is 1. The molecule has 0 bridgehead atoms. The minimum Gasteiger partial charge on any atom is -0.382 e. The second-order valence-electron chi connectivity index (χ2n) is 5.03. The largest absolute Gasteiger partial charge is 0.416 e. The van der Waals surface area contributed by atoms with E-state index < -0.39 is 36.1 Å². The van der Waals surface area contributed by atoms with E-state index in [1.165, 1.54) is 0 Å². The molecular formula is C11H14F3NO3. The minimum atomic E-state index is -4.81. The summed E-state index contributed by atoms with van der Waals surface area (Å²) in [6.07, 6.45) is -4.76. The van der Waals surface area contributed by atoms with E-state index in [2.05, 4.69) is 0 Å². The highest BCUT2D eigenvalue weighted by Crippen LogP contribution is 2.47. The summed E-state index contributed by atoms with van der Waals surface area (Å²) >= 11 is 0. The van der Waals surface area contributed by atoms with Crippen molar-refractivity contribution in [2.75, 3.05) is 6.54 Å². The quantitative estimate of drug-likeness (QED) is 0.764. The predicted octanol–water partition coefficient (Wildman–Crippen LogP) is 1.23. The molecule has 1 heterocycles. The van der Waals surface area contributed by atoms with Gasteiger partial charge in [-0.2, -0.15) is 13.2 Å². The number of rotatable bonds is 2. The molecule has 0 aromatic rings. The standard InChI is InChI=1S/C11H14F3NO3/c12-11(13,14)7(16)6-15-8(17)5-10(9(15)18)3-1-2-4-10/h7,16H,1-6H2. The van der Waals surface area contributed by atoms with E-state index in [1.807, 2.05) is 0 Å². The van der Waals surface area contributed by atoms with E-state index in [9.17, 15) is 22.8 Å². The highest BCUT2D eigenvalue weighted by Gasteiger charge is 2.54. The van der Waals surface area contributed by atoms with Crippen molar-refractivity contribution >= 4 is 11.8 Å². The summed E-state index contributed by atoms with van der Waals surface area (Å²) in [5, 5.41) is 8.94. The average Bonchev–Trinajstić information content (AvgIpc) is 2.79. The number of hydrogen-bond donors (Lipinski definition) is 1. The van der Waals surface area contributed by atoms with E-state index in [-0.39, 0.29) is 6.42 Å². The van der Waals surface area contributed by atoms with E-state index in [0.29, 0.717) is 17.7 Å². The van der Waals surface area contributed by atoms with Crippen LogP contribution in [-0.2, 0) is 9.59 Å². The molecule has 1 saturated carbocycles. The number of alkyl halides is 3. The van der Waals surface area contributed by atoms with E-state index >= 15 is 0 Å². The fourth-order valence-corrected chi connectivity index (χ4v) is 2.76. The molecule has 1 unspecified atom stereocenters. The highest BCUT2D eigenvalue weighted by atomic mass is 19.4. The zero-order valence-electron chi connectivity index (χ0n) is 9.66. The van der Waals surface area contributed by atoms with E-state index in [1.54, 1.807) is 0 Å². The van der Waals surface area contributed by atoms with E-state index in [0.717, 1.165) is 12.8 Å². The van der Waals surface area contributed by atoms with Gasteiger partial charge in [0.2, 0.25) is 11.8 Å². The summed E-state index contributed by atoms with van der Waals surface area (Å²) in [6.45, 7) is -0.983. The van der Waals surface area contributed by atoms with Gasteiger partial charge in [0.1, 0.15) is 0 Å². The molecule has 1 N–H and O–H groups in total. The SMILES string of the molecule is O=C1CC2(CCCC2)C(=O)N1CC(O)C(F)(F)F. The Labute approximate surface area is 102 Å². The molecule has 2 fully saturated rings. The Morgan fingerprint density at radius 3 is 2.33 bits per heavy atom. The number of halogens is 3. The summed E-state index contributed by atoms with van der Waals surface area (Å²) in [4.78, 5) is 24.2. The second-order valence-corrected chi connectivity index (χ2v) is 5.03. The van der Waals surface area contributed by atoms with Crippen molar-refractivity contribution in [3.8, 4) is 0 Å². The summed E-state index contributed by atoms with van der Waals surface area (Å²) in [6, 6.07) is 0. The second kappa shape index (κ2) is 4.22. The van der Waals surface area contributed by atoms with Crippen molar-refractivity contribution < 1.29 is 27.9 Å². The number of hydrogen-bond acceptors (Lipinski definition) is 3. The molecule has 102 valence electrons. The first kappa shape index (κ1) is 13.3. The van der Waals surface area contributed by atoms with Crippen LogP contribution in [0.2, 0.25) is 0 Å². The molecule has 18 heavy (non-hydrogen) atoms. The number of aliphatic hydroxyl groups excluding tert-OH is 1. The van der Waals surface area contributed by atoms with Gasteiger partial charge in [0.15, 0.2) is 6.10 Å². The summed E-state index contributed by atoms with van der Waals surface area (Å²) < 4.78 is 36.7. The smallest absolute Gasteiger partial charge is 0.382 e. The Morgan fingerprint density at radius 1 is 1.28 bits per heavy atom. The van der Waals surface area contributed by atoms with Crippen LogP contribution in [0, 0.1) is 5.41 Å². The van der Waals surface area contributed by atoms with Gasteiger partial charge >= 0.3 is 6.18 Å². The molecular weight excluding hydrogens is 251 g/mol. The van der Waals surface area contributed by atoms with Gasteiger partial charge in [0.05, 0.1) is 12.0 Å². The molecule has 1 saturated heterocycles. The average molecular weight is 265 g/mol. The van der Waals surface area contributed by atoms with Crippen molar-refractivity contribution in [2.24, 2.45) is 5.41 Å². The summed E-state index contributed by atoms with van der Waals surface area (Å²) in [5.41, 5.74) is -0.789. The van der Waals surface area contributed by atoms with Crippen LogP contribution in [0.5, 0.6) is 0 Å². The zero-order valence-corrected chi connectivity index (χ0v) is 9.66. The fourth-order valence-electron chi connectivity index (χ4n) is 2.76. The lowest BCUT2D eigenvalue weighted by Gasteiger charge is -2.23. The maximum Gasteiger partial charge on any atom is 0.416 e. The molecule has 0 radical (unpaired) electrons. The third kappa shape index (κ3) is 2.11. The molecule has 1 aliphatic heterocycles. The third-order valence-corrected chi connectivity index (χ3v) is 3.78. The number of nitrogens with zero attached hydrogens (tertiary/aromatic N) is 1. The first-order chi connectivity index (χ1) is 8.26. The monoisotopic (exact) mass is 265 g/mol. The number of β-amino-alcohol motifs (C(OH)–C–C–N with tert-alkyl or cyclic N) is 1. The first-order valence-corrected chi connectivity index (χ1v) is 5.86. The van der Waals surface area contributed by atoms with Crippen molar-refractivity contribution in [1.82, 2.24) is 4.90 Å². The number of carbonyl (C=O) groups is 2. The van der Waals surface area contributed by atoms with Crippen molar-refractivity contribution in [3.05, 3.63) is 0 Å². The molecule has 2 aliphatic rings. The minimum absolute atomic E-state index is 0.0174. The molecule has 1 aliphatic carbocycles. The van der Waals surface area contributed by atoms with Crippen LogP contribution in [0.25, 0.3) is 0 Å². The molecule has 2 rings (SSSR count). The van der Waals surface area contributed by atoms with Crippen LogP contribution in [0.15, 0.2) is 0 Å². The van der Waals surface area contributed by atoms with Gasteiger partial charge < -0.3 is 5.11 Å². The maximum absolute atomic E-state index is 12.2. The van der Waals surface area contributed by atoms with Gasteiger partial charge in [-0.1, -0.05) is 12.8 Å². The summed E-state index contributed by atoms with van der Waals surface area (Å²) in [5.74, 6) is -1.15. The zero-order chi connectivity index (χ0) is 13.6. The van der Waals surface area contributed by atoms with Crippen LogP contribution in [0.4, 0.5) is 13.2 Å². The van der Waals surface area contributed by atoms with Crippen molar-refractivity contribution in [3.63, 3.8) is 0 Å². The van der Waals surface area contributed by atoms with Crippen LogP contribution in [0.3, 0.4) is 0 Å². The Bertz CT molecular complexity index is 374. The highest BCUT2D eigenvalue weighted by molar-refractivity contribution is 6.06. The number of amides is 2. The third-order valence-electron chi connectivity index (χ3n) is 3.78. The topological polar surface area (TPSA) is 57.6 Å². The van der Waals surface area contributed by atoms with Crippen LogP contribution in [0.1, 0.15) is 32.1 Å². The lowest BCUT2D eigenvalue weighted by Crippen LogP contribution is -2.44. The van der Waals surface area contributed by atoms with Gasteiger partial charge in [-0.05, 0) is 12.8 Å². The summed E-state index contributed by atoms with van der Waals surface area (Å²) in [7, 11) is 0. The van der Waals surface area contributed by atoms with Crippen LogP contribution in [-0.4, -0.2) is 40.6 Å². The van der Waals surface area contributed by atoms with Crippen LogP contribution >= 0.6 is 0 Å². The Kier molecular flexibility index (Phi) is 3.12. The molecule has 2 amide bonds. The van der Waals surface area contributed by atoms with Crippen LogP contribution < -0.4 is 0 Å². The molecule has 0 aromatic heterocycles. The lowest BCUT2D eigenvalue weighted by atomic mass is 9.84. The van der Waals surface area contributed by atoms with E-state index in [4.69, 9.17) is 5.11 Å². The number of carbonyl (C=O) groups excluding carboxylic acids is 2. The Hall–Kier alpha value is -1.11. The number of aliphatic hydroxyl groups is 1. The van der Waals surface area contributed by atoms with Gasteiger partial charge in [-0.25, -0.2) is 0 Å². The molecule has 0 aromatic carbocycles. The maximum atomic E-state index is 12.2. The van der Waals surface area contributed by atoms with Crippen molar-refractivity contribution in [1.29, 1.82) is 0 Å².